The van der Waals surface area contributed by atoms with E-state index in [2.05, 4.69) is 36.1 Å². The number of nitrogens with one attached hydrogen (secondary N) is 1. The molecule has 0 bridgehead atoms. The van der Waals surface area contributed by atoms with Crippen LogP contribution in [0.1, 0.15) is 5.56 Å². The van der Waals surface area contributed by atoms with E-state index in [0.29, 0.717) is 11.5 Å². The molecule has 1 N–H and O–H groups in total. The van der Waals surface area contributed by atoms with Gasteiger partial charge in [-0.2, -0.15) is 10.2 Å². The van der Waals surface area contributed by atoms with Crippen LogP contribution in [-0.2, 0) is 0 Å². The summed E-state index contributed by atoms with van der Waals surface area (Å²) in [5.74, 6) is 2.47. The zero-order valence-corrected chi connectivity index (χ0v) is 14.8. The van der Waals surface area contributed by atoms with Gasteiger partial charge in [0.2, 0.25) is 5.95 Å². The summed E-state index contributed by atoms with van der Waals surface area (Å²) in [5.41, 5.74) is 1.48. The molecular formula is C20H19N7. The topological polar surface area (TPSA) is 81.0 Å². The summed E-state index contributed by atoms with van der Waals surface area (Å²) in [6.45, 7) is 3.56. The third kappa shape index (κ3) is 3.96. The van der Waals surface area contributed by atoms with Crippen molar-refractivity contribution in [3.63, 3.8) is 0 Å². The third-order valence-electron chi connectivity index (χ3n) is 4.49. The number of benzene rings is 1. The summed E-state index contributed by atoms with van der Waals surface area (Å²) >= 11 is 0. The van der Waals surface area contributed by atoms with E-state index in [-0.39, 0.29) is 0 Å². The van der Waals surface area contributed by atoms with E-state index >= 15 is 0 Å². The summed E-state index contributed by atoms with van der Waals surface area (Å²) in [4.78, 5) is 17.9. The Morgan fingerprint density at radius 1 is 0.815 bits per heavy atom. The molecule has 7 heteroatoms. The van der Waals surface area contributed by atoms with E-state index in [1.807, 2.05) is 42.6 Å². The van der Waals surface area contributed by atoms with E-state index in [4.69, 9.17) is 5.26 Å². The van der Waals surface area contributed by atoms with Crippen LogP contribution in [0.5, 0.6) is 0 Å². The molecule has 0 saturated carbocycles. The summed E-state index contributed by atoms with van der Waals surface area (Å²) in [6.07, 6.45) is 3.59. The van der Waals surface area contributed by atoms with Crippen LogP contribution in [0.3, 0.4) is 0 Å². The molecule has 0 amide bonds. The number of nitrogens with zero attached hydrogens (tertiary/aromatic N) is 6. The van der Waals surface area contributed by atoms with Crippen LogP contribution in [0, 0.1) is 11.3 Å². The predicted molar refractivity (Wildman–Crippen MR) is 105 cm³/mol. The van der Waals surface area contributed by atoms with Crippen LogP contribution in [0.4, 0.5) is 23.3 Å². The molecular weight excluding hydrogens is 338 g/mol. The highest BCUT2D eigenvalue weighted by Crippen LogP contribution is 2.19. The van der Waals surface area contributed by atoms with Gasteiger partial charge < -0.3 is 15.1 Å². The van der Waals surface area contributed by atoms with Crippen molar-refractivity contribution in [3.8, 4) is 6.07 Å². The molecule has 0 aliphatic carbocycles. The highest BCUT2D eigenvalue weighted by molar-refractivity contribution is 5.56. The van der Waals surface area contributed by atoms with Gasteiger partial charge in [-0.05, 0) is 42.5 Å². The Balaban J connectivity index is 1.41. The summed E-state index contributed by atoms with van der Waals surface area (Å²) in [6, 6.07) is 17.3. The Morgan fingerprint density at radius 3 is 2.22 bits per heavy atom. The number of hydrogen-bond acceptors (Lipinski definition) is 7. The van der Waals surface area contributed by atoms with Gasteiger partial charge in [-0.25, -0.2) is 9.97 Å². The van der Waals surface area contributed by atoms with Crippen molar-refractivity contribution in [2.75, 3.05) is 41.3 Å². The maximum Gasteiger partial charge on any atom is 0.229 e. The number of piperazine rings is 1. The minimum atomic E-state index is 0.546. The summed E-state index contributed by atoms with van der Waals surface area (Å²) in [5, 5.41) is 12.1. The lowest BCUT2D eigenvalue weighted by molar-refractivity contribution is 0.641. The van der Waals surface area contributed by atoms with Crippen LogP contribution < -0.4 is 15.1 Å². The fraction of sp³-hybridized carbons (Fsp3) is 0.200. The van der Waals surface area contributed by atoms with Crippen molar-refractivity contribution in [2.24, 2.45) is 0 Å². The molecule has 1 aliphatic rings. The summed E-state index contributed by atoms with van der Waals surface area (Å²) in [7, 11) is 0. The Bertz CT molecular complexity index is 927. The number of anilines is 4. The molecule has 0 radical (unpaired) electrons. The molecule has 1 saturated heterocycles. The largest absolute Gasteiger partial charge is 0.353 e. The lowest BCUT2D eigenvalue weighted by Crippen LogP contribution is -2.47. The average Bonchev–Trinajstić information content (AvgIpc) is 2.75. The molecule has 0 unspecified atom stereocenters. The molecule has 1 aromatic carbocycles. The molecule has 2 aromatic heterocycles. The quantitative estimate of drug-likeness (QED) is 0.769. The zero-order valence-electron chi connectivity index (χ0n) is 14.8. The first kappa shape index (κ1) is 16.8. The lowest BCUT2D eigenvalue weighted by Gasteiger charge is -2.36. The van der Waals surface area contributed by atoms with Crippen molar-refractivity contribution < 1.29 is 0 Å². The van der Waals surface area contributed by atoms with Gasteiger partial charge >= 0.3 is 0 Å². The van der Waals surface area contributed by atoms with Crippen molar-refractivity contribution in [1.29, 1.82) is 5.26 Å². The number of nitriles is 1. The molecule has 27 heavy (non-hydrogen) atoms. The SMILES string of the molecule is N#Cc1ccc(Nc2nccc(N3CCN(c4ccccn4)CC3)n2)cc1. The van der Waals surface area contributed by atoms with Gasteiger partial charge in [-0.15, -0.1) is 0 Å². The third-order valence-corrected chi connectivity index (χ3v) is 4.49. The number of rotatable bonds is 4. The fourth-order valence-electron chi connectivity index (χ4n) is 3.05. The van der Waals surface area contributed by atoms with Crippen molar-refractivity contribution in [1.82, 2.24) is 15.0 Å². The molecule has 3 aromatic rings. The van der Waals surface area contributed by atoms with Gasteiger partial charge in [0.15, 0.2) is 0 Å². The normalized spacial score (nSPS) is 13.9. The van der Waals surface area contributed by atoms with Crippen molar-refractivity contribution >= 4 is 23.3 Å². The molecule has 3 heterocycles. The Morgan fingerprint density at radius 2 is 1.56 bits per heavy atom. The van der Waals surface area contributed by atoms with E-state index in [1.165, 1.54) is 0 Å². The first-order chi connectivity index (χ1) is 13.3. The van der Waals surface area contributed by atoms with Gasteiger partial charge in [0.05, 0.1) is 11.6 Å². The van der Waals surface area contributed by atoms with Crippen LogP contribution in [0.25, 0.3) is 0 Å². The first-order valence-electron chi connectivity index (χ1n) is 8.83. The van der Waals surface area contributed by atoms with E-state index in [1.54, 1.807) is 18.3 Å². The first-order valence-corrected chi connectivity index (χ1v) is 8.83. The van der Waals surface area contributed by atoms with Crippen LogP contribution >= 0.6 is 0 Å². The van der Waals surface area contributed by atoms with E-state index < -0.39 is 0 Å². The van der Waals surface area contributed by atoms with Crippen LogP contribution in [-0.4, -0.2) is 41.1 Å². The second-order valence-electron chi connectivity index (χ2n) is 6.21. The van der Waals surface area contributed by atoms with Gasteiger partial charge in [0.25, 0.3) is 0 Å². The van der Waals surface area contributed by atoms with Crippen LogP contribution in [0.2, 0.25) is 0 Å². The molecule has 4 rings (SSSR count). The highest BCUT2D eigenvalue weighted by Gasteiger charge is 2.19. The monoisotopic (exact) mass is 357 g/mol. The van der Waals surface area contributed by atoms with Crippen molar-refractivity contribution in [2.45, 2.75) is 0 Å². The standard InChI is InChI=1S/C20H19N7/c21-15-16-4-6-17(7-5-16)24-20-23-10-8-19(25-20)27-13-11-26(12-14-27)18-3-1-2-9-22-18/h1-10H,11-14H2,(H,23,24,25). The second kappa shape index (κ2) is 7.70. The van der Waals surface area contributed by atoms with Crippen molar-refractivity contribution in [3.05, 3.63) is 66.5 Å². The minimum Gasteiger partial charge on any atom is -0.353 e. The van der Waals surface area contributed by atoms with Gasteiger partial charge in [-0.1, -0.05) is 6.07 Å². The molecule has 1 fully saturated rings. The molecule has 0 atom stereocenters. The molecule has 0 spiro atoms. The smallest absolute Gasteiger partial charge is 0.229 e. The molecule has 134 valence electrons. The van der Waals surface area contributed by atoms with Gasteiger partial charge in [0, 0.05) is 44.3 Å². The maximum absolute atomic E-state index is 8.88. The average molecular weight is 357 g/mol. The Labute approximate surface area is 157 Å². The number of hydrogen-bond donors (Lipinski definition) is 1. The maximum atomic E-state index is 8.88. The zero-order chi connectivity index (χ0) is 18.5. The lowest BCUT2D eigenvalue weighted by atomic mass is 10.2. The number of aromatic nitrogens is 3. The number of pyridine rings is 1. The molecule has 1 aliphatic heterocycles. The Hall–Kier alpha value is -3.66. The second-order valence-corrected chi connectivity index (χ2v) is 6.21. The predicted octanol–water partition coefficient (Wildman–Crippen LogP) is 2.81. The Kier molecular flexibility index (Phi) is 4.79. The minimum absolute atomic E-state index is 0.546. The fourth-order valence-corrected chi connectivity index (χ4v) is 3.05. The highest BCUT2D eigenvalue weighted by atomic mass is 15.3. The van der Waals surface area contributed by atoms with Gasteiger partial charge in [-0.3, -0.25) is 0 Å². The molecule has 7 nitrogen and oxygen atoms in total. The van der Waals surface area contributed by atoms with E-state index in [9.17, 15) is 0 Å². The summed E-state index contributed by atoms with van der Waals surface area (Å²) < 4.78 is 0. The van der Waals surface area contributed by atoms with Crippen LogP contribution in [0.15, 0.2) is 60.9 Å². The van der Waals surface area contributed by atoms with Gasteiger partial charge in [0.1, 0.15) is 11.6 Å². The van der Waals surface area contributed by atoms with E-state index in [0.717, 1.165) is 43.5 Å².